The molecular formula is C42H25N3S. The smallest absolute Gasteiger partial charge is 0.165 e. The van der Waals surface area contributed by atoms with Crippen LogP contribution in [0.5, 0.6) is 0 Å². The normalized spacial score (nSPS) is 11.9. The Kier molecular flexibility index (Phi) is 5.45. The molecule has 3 aromatic heterocycles. The molecular weight excluding hydrogens is 579 g/mol. The third kappa shape index (κ3) is 3.71. The summed E-state index contributed by atoms with van der Waals surface area (Å²) in [5, 5.41) is 7.40. The van der Waals surface area contributed by atoms with Crippen molar-refractivity contribution in [2.75, 3.05) is 0 Å². The Labute approximate surface area is 268 Å². The highest BCUT2D eigenvalue weighted by Gasteiger charge is 2.23. The molecule has 7 aromatic carbocycles. The van der Waals surface area contributed by atoms with Crippen LogP contribution in [0.25, 0.3) is 92.0 Å². The molecule has 0 bridgehead atoms. The van der Waals surface area contributed by atoms with Gasteiger partial charge in [-0.3, -0.25) is 4.57 Å². The first-order valence-corrected chi connectivity index (χ1v) is 16.3. The highest BCUT2D eigenvalue weighted by Crippen LogP contribution is 2.44. The molecule has 3 nitrogen and oxygen atoms in total. The van der Waals surface area contributed by atoms with Crippen molar-refractivity contribution in [1.29, 1.82) is 0 Å². The van der Waals surface area contributed by atoms with Gasteiger partial charge in [-0.2, -0.15) is 0 Å². The van der Waals surface area contributed by atoms with Crippen LogP contribution in [-0.4, -0.2) is 14.5 Å². The summed E-state index contributed by atoms with van der Waals surface area (Å²) in [5.74, 6) is 0.830. The van der Waals surface area contributed by atoms with Crippen molar-refractivity contribution in [3.63, 3.8) is 0 Å². The van der Waals surface area contributed by atoms with Gasteiger partial charge in [-0.25, -0.2) is 9.97 Å². The molecule has 46 heavy (non-hydrogen) atoms. The topological polar surface area (TPSA) is 30.7 Å². The first-order valence-electron chi connectivity index (χ1n) is 15.5. The Balaban J connectivity index is 1.39. The molecule has 0 radical (unpaired) electrons. The fourth-order valence-corrected chi connectivity index (χ4v) is 8.25. The Morgan fingerprint density at radius 2 is 1.11 bits per heavy atom. The second-order valence-corrected chi connectivity index (χ2v) is 12.9. The number of rotatable bonds is 3. The van der Waals surface area contributed by atoms with Gasteiger partial charge in [0.15, 0.2) is 5.82 Å². The summed E-state index contributed by atoms with van der Waals surface area (Å²) in [7, 11) is 0. The van der Waals surface area contributed by atoms with Crippen molar-refractivity contribution in [2.45, 2.75) is 0 Å². The van der Waals surface area contributed by atoms with Gasteiger partial charge in [-0.15, -0.1) is 11.3 Å². The van der Waals surface area contributed by atoms with Gasteiger partial charge in [-0.05, 0) is 35.2 Å². The van der Waals surface area contributed by atoms with E-state index in [1.165, 1.54) is 52.8 Å². The largest absolute Gasteiger partial charge is 0.291 e. The van der Waals surface area contributed by atoms with Gasteiger partial charge in [0.2, 0.25) is 0 Å². The molecule has 214 valence electrons. The van der Waals surface area contributed by atoms with E-state index in [0.29, 0.717) is 0 Å². The number of benzene rings is 7. The third-order valence-electron chi connectivity index (χ3n) is 9.17. The molecule has 0 aliphatic rings. The Bertz CT molecular complexity index is 2810. The number of hydrogen-bond donors (Lipinski definition) is 0. The molecule has 10 aromatic rings. The number of aromatic nitrogens is 3. The van der Waals surface area contributed by atoms with Crippen LogP contribution >= 0.6 is 11.3 Å². The molecule has 0 N–H and O–H groups in total. The number of hydrogen-bond acceptors (Lipinski definition) is 3. The summed E-state index contributed by atoms with van der Waals surface area (Å²) in [5.41, 5.74) is 8.29. The molecule has 0 amide bonds. The lowest BCUT2D eigenvalue weighted by molar-refractivity contribution is 1.08. The van der Waals surface area contributed by atoms with Crippen molar-refractivity contribution in [3.8, 4) is 28.2 Å². The van der Waals surface area contributed by atoms with Crippen LogP contribution in [0.1, 0.15) is 0 Å². The van der Waals surface area contributed by atoms with Gasteiger partial charge in [0, 0.05) is 47.5 Å². The van der Waals surface area contributed by atoms with E-state index in [4.69, 9.17) is 9.97 Å². The molecule has 0 unspecified atom stereocenters. The lowest BCUT2D eigenvalue weighted by Gasteiger charge is -2.16. The van der Waals surface area contributed by atoms with Gasteiger partial charge in [0.05, 0.1) is 22.1 Å². The Morgan fingerprint density at radius 3 is 2.00 bits per heavy atom. The van der Waals surface area contributed by atoms with Gasteiger partial charge in [0.1, 0.15) is 5.69 Å². The van der Waals surface area contributed by atoms with Crippen molar-refractivity contribution in [2.24, 2.45) is 0 Å². The number of para-hydroxylation sites is 3. The van der Waals surface area contributed by atoms with E-state index in [2.05, 4.69) is 132 Å². The first kappa shape index (κ1) is 25.5. The van der Waals surface area contributed by atoms with Crippen molar-refractivity contribution >= 4 is 75.1 Å². The standard InChI is InChI=1S/C42H25N3S/c1-2-12-27(13-3-1)39-42(44-36-19-8-7-18-35(36)43-39)45-40-29-14-5-4-11-26(29)21-24-34(40)33-17-10-16-30(41(33)45)28-22-23-32-31-15-6-9-20-37(31)46-38(32)25-28/h1-25H. The summed E-state index contributed by atoms with van der Waals surface area (Å²) < 4.78 is 4.99. The fourth-order valence-electron chi connectivity index (χ4n) is 7.10. The van der Waals surface area contributed by atoms with Crippen LogP contribution in [0.3, 0.4) is 0 Å². The van der Waals surface area contributed by atoms with Gasteiger partial charge in [-0.1, -0.05) is 127 Å². The van der Waals surface area contributed by atoms with Crippen LogP contribution in [0.4, 0.5) is 0 Å². The predicted molar refractivity (Wildman–Crippen MR) is 195 cm³/mol. The van der Waals surface area contributed by atoms with E-state index in [1.807, 2.05) is 35.6 Å². The quantitative estimate of drug-likeness (QED) is 0.201. The Morgan fingerprint density at radius 1 is 0.435 bits per heavy atom. The van der Waals surface area contributed by atoms with E-state index >= 15 is 0 Å². The monoisotopic (exact) mass is 603 g/mol. The van der Waals surface area contributed by atoms with E-state index in [0.717, 1.165) is 39.1 Å². The molecule has 0 saturated carbocycles. The minimum absolute atomic E-state index is 0.830. The van der Waals surface area contributed by atoms with Crippen LogP contribution in [0, 0.1) is 0 Å². The lowest BCUT2D eigenvalue weighted by atomic mass is 10.00. The summed E-state index contributed by atoms with van der Waals surface area (Å²) >= 11 is 1.86. The summed E-state index contributed by atoms with van der Waals surface area (Å²) in [6.07, 6.45) is 0. The van der Waals surface area contributed by atoms with Gasteiger partial charge < -0.3 is 0 Å². The molecule has 0 aliphatic carbocycles. The Hall–Kier alpha value is -5.84. The van der Waals surface area contributed by atoms with Gasteiger partial charge >= 0.3 is 0 Å². The number of thiophene rings is 1. The number of fused-ring (bicyclic) bond motifs is 9. The van der Waals surface area contributed by atoms with Gasteiger partial charge in [0.25, 0.3) is 0 Å². The minimum atomic E-state index is 0.830. The lowest BCUT2D eigenvalue weighted by Crippen LogP contribution is -2.04. The molecule has 0 spiro atoms. The van der Waals surface area contributed by atoms with E-state index in [1.54, 1.807) is 0 Å². The molecule has 0 aliphatic heterocycles. The molecule has 0 atom stereocenters. The summed E-state index contributed by atoms with van der Waals surface area (Å²) in [6, 6.07) is 54.1. The second kappa shape index (κ2) is 9.83. The van der Waals surface area contributed by atoms with E-state index in [-0.39, 0.29) is 0 Å². The zero-order valence-corrected chi connectivity index (χ0v) is 25.5. The van der Waals surface area contributed by atoms with Crippen LogP contribution in [-0.2, 0) is 0 Å². The minimum Gasteiger partial charge on any atom is -0.291 e. The number of nitrogens with zero attached hydrogens (tertiary/aromatic N) is 3. The zero-order chi connectivity index (χ0) is 30.2. The van der Waals surface area contributed by atoms with Crippen molar-refractivity contribution in [3.05, 3.63) is 152 Å². The van der Waals surface area contributed by atoms with Crippen molar-refractivity contribution < 1.29 is 0 Å². The van der Waals surface area contributed by atoms with Crippen LogP contribution < -0.4 is 0 Å². The maximum Gasteiger partial charge on any atom is 0.165 e. The SMILES string of the molecule is c1ccc(-c2nc3ccccc3nc2-n2c3c(-c4ccc5c(c4)sc4ccccc45)cccc3c3ccc4ccccc4c32)cc1. The molecule has 4 heteroatoms. The van der Waals surface area contributed by atoms with E-state index < -0.39 is 0 Å². The maximum atomic E-state index is 5.42. The van der Waals surface area contributed by atoms with Crippen molar-refractivity contribution in [1.82, 2.24) is 14.5 Å². The molecule has 0 fully saturated rings. The van der Waals surface area contributed by atoms with E-state index in [9.17, 15) is 0 Å². The fraction of sp³-hybridized carbons (Fsp3) is 0. The maximum absolute atomic E-state index is 5.42. The average molecular weight is 604 g/mol. The highest BCUT2D eigenvalue weighted by molar-refractivity contribution is 7.25. The second-order valence-electron chi connectivity index (χ2n) is 11.8. The molecule has 0 saturated heterocycles. The van der Waals surface area contributed by atoms with Crippen LogP contribution in [0.2, 0.25) is 0 Å². The summed E-state index contributed by atoms with van der Waals surface area (Å²) in [6.45, 7) is 0. The highest BCUT2D eigenvalue weighted by atomic mass is 32.1. The van der Waals surface area contributed by atoms with Crippen LogP contribution in [0.15, 0.2) is 152 Å². The first-order chi connectivity index (χ1) is 22.8. The predicted octanol–water partition coefficient (Wildman–Crippen LogP) is 11.6. The molecule has 3 heterocycles. The third-order valence-corrected chi connectivity index (χ3v) is 10.3. The zero-order valence-electron chi connectivity index (χ0n) is 24.7. The summed E-state index contributed by atoms with van der Waals surface area (Å²) in [4.78, 5) is 10.7. The molecule has 10 rings (SSSR count). The average Bonchev–Trinajstić information content (AvgIpc) is 3.67.